The number of unbranched alkanes of at least 4 members (excludes halogenated alkanes) is 37. The number of benzene rings is 1. The first-order valence-corrected chi connectivity index (χ1v) is 42.6. The average Bonchev–Trinajstić information content (AvgIpc) is 0.788. The number of nitrogens with one attached hydrogen (secondary N) is 7. The second-order valence-electron chi connectivity index (χ2n) is 30.4. The third-order valence-corrected chi connectivity index (χ3v) is 20.1. The molecule has 1 rings (SSSR count). The van der Waals surface area contributed by atoms with E-state index in [1.165, 1.54) is 225 Å². The first kappa shape index (κ1) is 98.4. The third-order valence-electron chi connectivity index (χ3n) is 20.1. The molecule has 2 unspecified atom stereocenters. The number of carbonyl (C=O) groups excluding carboxylic acids is 5. The van der Waals surface area contributed by atoms with Gasteiger partial charge < -0.3 is 60.9 Å². The summed E-state index contributed by atoms with van der Waals surface area (Å²) in [6.07, 6.45) is 53.8. The zero-order chi connectivity index (χ0) is 76.8. The molecule has 1 aromatic carbocycles. The van der Waals surface area contributed by atoms with E-state index >= 15 is 0 Å². The van der Waals surface area contributed by atoms with Crippen LogP contribution in [0.2, 0.25) is 0 Å². The Bertz CT molecular complexity index is 2210. The largest absolute Gasteiger partial charge is 0.381 e. The van der Waals surface area contributed by atoms with Crippen LogP contribution in [0.25, 0.3) is 0 Å². The third kappa shape index (κ3) is 55.5. The molecular formula is C85H158N8O12. The SMILES string of the molecule is C=CCCC(=O)NC(CCC(=O)NCCCCC(NC(=O)COCCOCCNC)C(=O)NC)CNCc1ccc(C(C)(C)C(=O)NCC(COCCCCCCCCCCCCCCC)(COCCCCCCCCCCCCCCC)COCCCCCCCCCCCCCCC)c([N+](=O)[O-])c1. The molecule has 0 fully saturated rings. The van der Waals surface area contributed by atoms with Gasteiger partial charge in [0.1, 0.15) is 12.6 Å². The molecule has 0 aliphatic heterocycles. The second-order valence-corrected chi connectivity index (χ2v) is 30.4. The van der Waals surface area contributed by atoms with Gasteiger partial charge in [0, 0.05) is 90.1 Å². The highest BCUT2D eigenvalue weighted by atomic mass is 16.6. The molecule has 105 heavy (non-hydrogen) atoms. The fraction of sp³-hybridized carbons (Fsp3) is 0.847. The van der Waals surface area contributed by atoms with Gasteiger partial charge in [-0.1, -0.05) is 270 Å². The first-order valence-electron chi connectivity index (χ1n) is 42.6. The summed E-state index contributed by atoms with van der Waals surface area (Å²) in [5.41, 5.74) is -1.29. The molecule has 1 aromatic rings. The Labute approximate surface area is 639 Å². The Morgan fingerprint density at radius 1 is 0.505 bits per heavy atom. The predicted octanol–water partition coefficient (Wildman–Crippen LogP) is 17.4. The maximum absolute atomic E-state index is 14.8. The van der Waals surface area contributed by atoms with Crippen LogP contribution in [-0.4, -0.2) is 153 Å². The van der Waals surface area contributed by atoms with Crippen molar-refractivity contribution in [3.8, 4) is 0 Å². The summed E-state index contributed by atoms with van der Waals surface area (Å²) >= 11 is 0. The summed E-state index contributed by atoms with van der Waals surface area (Å²) in [7, 11) is 3.34. The molecule has 0 bridgehead atoms. The van der Waals surface area contributed by atoms with Gasteiger partial charge >= 0.3 is 0 Å². The molecule has 20 nitrogen and oxygen atoms in total. The molecular weight excluding hydrogens is 1320 g/mol. The van der Waals surface area contributed by atoms with Gasteiger partial charge in [-0.2, -0.15) is 0 Å². The minimum Gasteiger partial charge on any atom is -0.381 e. The minimum absolute atomic E-state index is 0.121. The van der Waals surface area contributed by atoms with E-state index in [1.54, 1.807) is 32.1 Å². The van der Waals surface area contributed by atoms with E-state index in [1.807, 2.05) is 7.05 Å². The lowest BCUT2D eigenvalue weighted by molar-refractivity contribution is -0.386. The highest BCUT2D eigenvalue weighted by Gasteiger charge is 2.39. The van der Waals surface area contributed by atoms with Crippen molar-refractivity contribution in [3.05, 3.63) is 52.1 Å². The number of allylic oxidation sites excluding steroid dienone is 1. The summed E-state index contributed by atoms with van der Waals surface area (Å²) in [5.74, 6) is -1.48. The van der Waals surface area contributed by atoms with Crippen LogP contribution >= 0.6 is 0 Å². The lowest BCUT2D eigenvalue weighted by atomic mass is 9.81. The molecule has 0 spiro atoms. The zero-order valence-electron chi connectivity index (χ0n) is 68.2. The fourth-order valence-electron chi connectivity index (χ4n) is 13.3. The number of hydrogen-bond acceptors (Lipinski definition) is 14. The molecule has 5 amide bonds. The van der Waals surface area contributed by atoms with Crippen LogP contribution in [0.4, 0.5) is 5.69 Å². The van der Waals surface area contributed by atoms with Gasteiger partial charge in [-0.15, -0.1) is 6.58 Å². The van der Waals surface area contributed by atoms with Crippen molar-refractivity contribution in [2.24, 2.45) is 5.41 Å². The Balaban J connectivity index is 3.20. The van der Waals surface area contributed by atoms with Gasteiger partial charge in [0.25, 0.3) is 5.69 Å². The number of nitro benzene ring substituents is 1. The second kappa shape index (κ2) is 69.9. The van der Waals surface area contributed by atoms with Crippen LogP contribution in [0.3, 0.4) is 0 Å². The number of rotatable bonds is 79. The van der Waals surface area contributed by atoms with Gasteiger partial charge in [0.05, 0.1) is 55.4 Å². The number of carbonyl (C=O) groups is 5. The van der Waals surface area contributed by atoms with E-state index in [4.69, 9.17) is 23.7 Å². The maximum Gasteiger partial charge on any atom is 0.273 e. The number of likely N-dealkylation sites (N-methyl/N-ethyl adjacent to an activating group) is 2. The Hall–Kier alpha value is -4.57. The summed E-state index contributed by atoms with van der Waals surface area (Å²) in [6, 6.07) is 3.78. The number of nitro groups is 1. The quantitative estimate of drug-likeness (QED) is 0.0139. The summed E-state index contributed by atoms with van der Waals surface area (Å²) in [4.78, 5) is 78.7. The summed E-state index contributed by atoms with van der Waals surface area (Å²) in [5, 5.41) is 33.9. The van der Waals surface area contributed by atoms with Crippen LogP contribution < -0.4 is 37.2 Å². The van der Waals surface area contributed by atoms with Gasteiger partial charge in [-0.25, -0.2) is 0 Å². The van der Waals surface area contributed by atoms with Gasteiger partial charge in [-0.3, -0.25) is 34.1 Å². The normalized spacial score (nSPS) is 12.3. The van der Waals surface area contributed by atoms with E-state index in [0.29, 0.717) is 104 Å². The van der Waals surface area contributed by atoms with E-state index in [2.05, 4.69) is 64.6 Å². The number of amides is 5. The van der Waals surface area contributed by atoms with Crippen LogP contribution in [0, 0.1) is 15.5 Å². The average molecular weight is 1480 g/mol. The zero-order valence-corrected chi connectivity index (χ0v) is 68.2. The topological polar surface area (TPSA) is 259 Å². The molecule has 610 valence electrons. The van der Waals surface area contributed by atoms with Crippen LogP contribution in [0.1, 0.15) is 341 Å². The lowest BCUT2D eigenvalue weighted by Gasteiger charge is -2.35. The molecule has 20 heteroatoms. The summed E-state index contributed by atoms with van der Waals surface area (Å²) in [6.45, 7) is 19.6. The van der Waals surface area contributed by atoms with Crippen molar-refractivity contribution in [1.29, 1.82) is 0 Å². The van der Waals surface area contributed by atoms with Crippen molar-refractivity contribution in [1.82, 2.24) is 37.2 Å². The fourth-order valence-corrected chi connectivity index (χ4v) is 13.3. The van der Waals surface area contributed by atoms with Crippen molar-refractivity contribution >= 4 is 35.2 Å². The van der Waals surface area contributed by atoms with Gasteiger partial charge in [0.2, 0.25) is 29.5 Å². The predicted molar refractivity (Wildman–Crippen MR) is 432 cm³/mol. The summed E-state index contributed by atoms with van der Waals surface area (Å²) < 4.78 is 30.6. The van der Waals surface area contributed by atoms with Crippen LogP contribution in [0.5, 0.6) is 0 Å². The van der Waals surface area contributed by atoms with E-state index in [9.17, 15) is 34.1 Å². The number of hydrogen-bond donors (Lipinski definition) is 7. The van der Waals surface area contributed by atoms with Crippen molar-refractivity contribution in [2.45, 2.75) is 354 Å². The molecule has 0 aliphatic rings. The monoisotopic (exact) mass is 1480 g/mol. The molecule has 0 radical (unpaired) electrons. The van der Waals surface area contributed by atoms with Crippen molar-refractivity contribution in [3.63, 3.8) is 0 Å². The Kier molecular flexibility index (Phi) is 65.5. The molecule has 2 atom stereocenters. The lowest BCUT2D eigenvalue weighted by Crippen LogP contribution is -2.50. The molecule has 0 saturated carbocycles. The van der Waals surface area contributed by atoms with E-state index in [0.717, 1.165) is 38.5 Å². The van der Waals surface area contributed by atoms with Crippen molar-refractivity contribution in [2.75, 3.05) is 106 Å². The van der Waals surface area contributed by atoms with Gasteiger partial charge in [-0.05, 0) is 77.8 Å². The standard InChI is InChI=1S/C85H158N8O12/c1-9-13-17-20-23-26-29-32-35-38-41-44-49-60-103-71-85(72-104-61-50-45-42-39-36-33-30-27-24-21-18-14-10-2,73-105-62-51-46-43-40-37-34-31-28-25-22-19-15-11-3)70-90-83(98)84(5,6)76-56-54-74(66-78(76)93(99)100)67-88-68-75(91-80(95)53-16-12-4)55-57-79(94)89-58-48-47-52-77(82(97)87-8)92-81(96)69-102-65-64-101-63-59-86-7/h12,54,56,66,75,77,86,88H,4,9-11,13-53,55,57-65,67-73H2,1-3,5-8H3,(H,87,97)(H,89,94)(H,90,98)(H,91,95)(H,92,96). The Morgan fingerprint density at radius 3 is 1.40 bits per heavy atom. The first-order chi connectivity index (χ1) is 51.1. The molecule has 0 aliphatic carbocycles. The Morgan fingerprint density at radius 2 is 0.962 bits per heavy atom. The van der Waals surface area contributed by atoms with E-state index < -0.39 is 33.7 Å². The number of nitrogens with zero attached hydrogens (tertiary/aromatic N) is 1. The highest BCUT2D eigenvalue weighted by Crippen LogP contribution is 2.34. The van der Waals surface area contributed by atoms with Gasteiger partial charge in [0.15, 0.2) is 0 Å². The molecule has 0 aromatic heterocycles. The molecule has 0 heterocycles. The maximum atomic E-state index is 14.8. The van der Waals surface area contributed by atoms with Crippen molar-refractivity contribution < 1.29 is 52.6 Å². The molecule has 0 saturated heterocycles. The minimum atomic E-state index is -1.31. The van der Waals surface area contributed by atoms with Crippen LogP contribution in [-0.2, 0) is 59.6 Å². The number of ether oxygens (including phenoxy) is 5. The van der Waals surface area contributed by atoms with Crippen LogP contribution in [0.15, 0.2) is 30.9 Å². The molecule has 7 N–H and O–H groups in total. The van der Waals surface area contributed by atoms with E-state index in [-0.39, 0.29) is 80.6 Å². The smallest absolute Gasteiger partial charge is 0.273 e. The highest BCUT2D eigenvalue weighted by molar-refractivity contribution is 5.89.